The van der Waals surface area contributed by atoms with Crippen molar-refractivity contribution in [2.75, 3.05) is 13.2 Å². The second kappa shape index (κ2) is 57.8. The first-order chi connectivity index (χ1) is 38.8. The van der Waals surface area contributed by atoms with E-state index in [1.165, 1.54) is 128 Å². The van der Waals surface area contributed by atoms with E-state index in [0.717, 1.165) is 109 Å². The van der Waals surface area contributed by atoms with Crippen molar-refractivity contribution in [1.29, 1.82) is 0 Å². The Morgan fingerprint density at radius 3 is 1.16 bits per heavy atom. The van der Waals surface area contributed by atoms with Crippen LogP contribution in [0.1, 0.15) is 258 Å². The molecule has 79 heavy (non-hydrogen) atoms. The molecule has 0 aromatic carbocycles. The molecule has 0 aromatic rings. The van der Waals surface area contributed by atoms with Crippen LogP contribution in [0.2, 0.25) is 0 Å². The smallest absolute Gasteiger partial charge is 0.220 e. The minimum absolute atomic E-state index is 0.191. The third-order valence-corrected chi connectivity index (χ3v) is 14.5. The summed E-state index contributed by atoms with van der Waals surface area (Å²) in [7, 11) is 0. The van der Waals surface area contributed by atoms with Crippen LogP contribution in [0.5, 0.6) is 0 Å². The van der Waals surface area contributed by atoms with Gasteiger partial charge in [0.05, 0.1) is 25.4 Å². The van der Waals surface area contributed by atoms with Crippen molar-refractivity contribution in [1.82, 2.24) is 5.32 Å². The quantitative estimate of drug-likeness (QED) is 0.0261. The normalized spacial score (nSPS) is 19.4. The van der Waals surface area contributed by atoms with Gasteiger partial charge in [-0.15, -0.1) is 0 Å². The molecule has 0 spiro atoms. The summed E-state index contributed by atoms with van der Waals surface area (Å²) >= 11 is 0. The zero-order valence-corrected chi connectivity index (χ0v) is 50.3. The summed E-state index contributed by atoms with van der Waals surface area (Å²) in [5, 5.41) is 54.6. The summed E-state index contributed by atoms with van der Waals surface area (Å²) in [6, 6.07) is -0.821. The zero-order valence-electron chi connectivity index (χ0n) is 50.3. The van der Waals surface area contributed by atoms with Gasteiger partial charge in [-0.2, -0.15) is 0 Å². The summed E-state index contributed by atoms with van der Waals surface area (Å²) in [5.41, 5.74) is 0. The van der Waals surface area contributed by atoms with Gasteiger partial charge in [0, 0.05) is 6.42 Å². The van der Waals surface area contributed by atoms with Gasteiger partial charge in [0.2, 0.25) is 5.91 Å². The Morgan fingerprint density at radius 2 is 0.785 bits per heavy atom. The van der Waals surface area contributed by atoms with Crippen molar-refractivity contribution in [2.45, 2.75) is 301 Å². The van der Waals surface area contributed by atoms with Crippen LogP contribution in [0.25, 0.3) is 0 Å². The molecule has 1 amide bonds. The molecule has 0 bridgehead atoms. The van der Waals surface area contributed by atoms with E-state index < -0.39 is 49.5 Å². The monoisotopic (exact) mass is 1100 g/mol. The van der Waals surface area contributed by atoms with E-state index in [1.807, 2.05) is 6.08 Å². The maximum Gasteiger partial charge on any atom is 0.220 e. The lowest BCUT2D eigenvalue weighted by Gasteiger charge is -2.40. The molecule has 9 nitrogen and oxygen atoms in total. The second-order valence-electron chi connectivity index (χ2n) is 21.8. The van der Waals surface area contributed by atoms with Gasteiger partial charge in [0.15, 0.2) is 6.29 Å². The molecular weight excluding hydrogens is 983 g/mol. The fourth-order valence-electron chi connectivity index (χ4n) is 9.50. The van der Waals surface area contributed by atoms with Gasteiger partial charge in [0.25, 0.3) is 0 Å². The number of carbonyl (C=O) groups excluding carboxylic acids is 1. The zero-order chi connectivity index (χ0) is 57.2. The molecule has 6 N–H and O–H groups in total. The number of rotatable bonds is 54. The standard InChI is InChI=1S/C70H119NO8/c1-3-5-7-9-11-13-15-17-19-21-23-25-26-27-28-29-30-31-32-33-34-35-36-37-38-40-42-44-46-48-50-52-54-56-58-60-66(74)71-63(62-78-70-69(77)68(76)67(75)65(61-72)79-70)64(73)59-57-55-53-51-49-47-45-43-41-39-24-22-20-18-16-14-12-10-8-6-4-2/h5,7,11,13,17,19,23,25,27-28,30-31,33-34,36-37,40,42,57,59,63-65,67-70,72-73,75-77H,3-4,6,8-10,12,14-16,18,20-22,24,26,29,32,35,38-39,41,43-56,58,60-62H2,1-2H3,(H,71,74)/b7-5-,13-11-,19-17-,25-23-,28-27-,31-30-,34-33-,37-36-,42-40-,59-57+. The fourth-order valence-corrected chi connectivity index (χ4v) is 9.50. The summed E-state index contributed by atoms with van der Waals surface area (Å²) in [5.74, 6) is -0.191. The first kappa shape index (κ1) is 73.6. The maximum absolute atomic E-state index is 13.1. The third kappa shape index (κ3) is 46.9. The first-order valence-corrected chi connectivity index (χ1v) is 32.3. The number of ether oxygens (including phenoxy) is 2. The Bertz CT molecular complexity index is 1660. The molecule has 0 aliphatic carbocycles. The van der Waals surface area contributed by atoms with Gasteiger partial charge in [-0.3, -0.25) is 4.79 Å². The number of nitrogens with one attached hydrogen (secondary N) is 1. The molecular formula is C70H119NO8. The average molecular weight is 1100 g/mol. The topological polar surface area (TPSA) is 149 Å². The Kier molecular flexibility index (Phi) is 53.9. The van der Waals surface area contributed by atoms with Crippen LogP contribution < -0.4 is 5.32 Å². The van der Waals surface area contributed by atoms with Crippen molar-refractivity contribution in [2.24, 2.45) is 0 Å². The second-order valence-corrected chi connectivity index (χ2v) is 21.8. The van der Waals surface area contributed by atoms with Crippen LogP contribution in [-0.4, -0.2) is 87.5 Å². The minimum atomic E-state index is -1.58. The van der Waals surface area contributed by atoms with E-state index >= 15 is 0 Å². The number of carbonyl (C=O) groups is 1. The summed E-state index contributed by atoms with van der Waals surface area (Å²) in [6.45, 7) is 3.67. The van der Waals surface area contributed by atoms with Crippen molar-refractivity contribution in [3.63, 3.8) is 0 Å². The summed E-state index contributed by atoms with van der Waals surface area (Å²) < 4.78 is 11.3. The molecule has 1 saturated heterocycles. The van der Waals surface area contributed by atoms with Gasteiger partial charge in [-0.25, -0.2) is 0 Å². The highest BCUT2D eigenvalue weighted by atomic mass is 16.7. The summed E-state index contributed by atoms with van der Waals surface area (Å²) in [6.07, 6.45) is 79.8. The molecule has 452 valence electrons. The Morgan fingerprint density at radius 1 is 0.443 bits per heavy atom. The molecule has 7 unspecified atom stereocenters. The molecule has 7 atom stereocenters. The SMILES string of the molecule is CC/C=C\C/C=C\C/C=C\C/C=C\C/C=C\C/C=C\C/C=C\C/C=C\C/C=C\CCCCCCCCCC(=O)NC(COC1OC(CO)C(O)C(O)C1O)C(O)/C=C/CCCCCCCCCCCCCCCCCCCCC. The molecule has 1 heterocycles. The van der Waals surface area contributed by atoms with Crippen LogP contribution in [0.15, 0.2) is 122 Å². The Labute approximate surface area is 484 Å². The first-order valence-electron chi connectivity index (χ1n) is 32.3. The van der Waals surface area contributed by atoms with E-state index in [9.17, 15) is 30.3 Å². The third-order valence-electron chi connectivity index (χ3n) is 14.5. The van der Waals surface area contributed by atoms with Crippen molar-refractivity contribution < 1.29 is 39.8 Å². The van der Waals surface area contributed by atoms with Gasteiger partial charge < -0.3 is 40.3 Å². The molecule has 0 aromatic heterocycles. The summed E-state index contributed by atoms with van der Waals surface area (Å²) in [4.78, 5) is 13.1. The van der Waals surface area contributed by atoms with Gasteiger partial charge in [-0.05, 0) is 89.9 Å². The van der Waals surface area contributed by atoms with Crippen LogP contribution in [0.3, 0.4) is 0 Å². The Hall–Kier alpha value is -3.41. The molecule has 1 aliphatic heterocycles. The highest BCUT2D eigenvalue weighted by Gasteiger charge is 2.44. The number of aliphatic hydroxyl groups excluding tert-OH is 5. The lowest BCUT2D eigenvalue weighted by Crippen LogP contribution is -2.60. The molecule has 0 radical (unpaired) electrons. The minimum Gasteiger partial charge on any atom is -0.394 e. The lowest BCUT2D eigenvalue weighted by molar-refractivity contribution is -0.302. The largest absolute Gasteiger partial charge is 0.394 e. The number of unbranched alkanes of at least 4 members (excludes halogenated alkanes) is 26. The van der Waals surface area contributed by atoms with E-state index in [0.29, 0.717) is 6.42 Å². The van der Waals surface area contributed by atoms with Crippen LogP contribution >= 0.6 is 0 Å². The molecule has 9 heteroatoms. The average Bonchev–Trinajstić information content (AvgIpc) is 3.47. The number of hydrogen-bond acceptors (Lipinski definition) is 8. The van der Waals surface area contributed by atoms with Crippen LogP contribution in [-0.2, 0) is 14.3 Å². The van der Waals surface area contributed by atoms with E-state index in [4.69, 9.17) is 9.47 Å². The van der Waals surface area contributed by atoms with Crippen molar-refractivity contribution in [3.8, 4) is 0 Å². The number of aliphatic hydroxyl groups is 5. The number of amides is 1. The maximum atomic E-state index is 13.1. The van der Waals surface area contributed by atoms with Crippen LogP contribution in [0.4, 0.5) is 0 Å². The highest BCUT2D eigenvalue weighted by molar-refractivity contribution is 5.76. The van der Waals surface area contributed by atoms with Gasteiger partial charge in [0.1, 0.15) is 24.4 Å². The van der Waals surface area contributed by atoms with Crippen molar-refractivity contribution >= 4 is 5.91 Å². The van der Waals surface area contributed by atoms with E-state index in [-0.39, 0.29) is 12.5 Å². The highest BCUT2D eigenvalue weighted by Crippen LogP contribution is 2.23. The fraction of sp³-hybridized carbons (Fsp3) is 0.700. The lowest BCUT2D eigenvalue weighted by atomic mass is 9.99. The predicted molar refractivity (Wildman–Crippen MR) is 336 cm³/mol. The predicted octanol–water partition coefficient (Wildman–Crippen LogP) is 17.1. The molecule has 1 rings (SSSR count). The molecule has 1 aliphatic rings. The van der Waals surface area contributed by atoms with Gasteiger partial charge in [-0.1, -0.05) is 283 Å². The van der Waals surface area contributed by atoms with E-state index in [2.05, 4.69) is 129 Å². The van der Waals surface area contributed by atoms with E-state index in [1.54, 1.807) is 6.08 Å². The van der Waals surface area contributed by atoms with Crippen molar-refractivity contribution in [3.05, 3.63) is 122 Å². The number of hydrogen-bond donors (Lipinski definition) is 6. The molecule has 0 saturated carbocycles. The van der Waals surface area contributed by atoms with Crippen LogP contribution in [0, 0.1) is 0 Å². The number of allylic oxidation sites excluding steroid dienone is 19. The van der Waals surface area contributed by atoms with Gasteiger partial charge >= 0.3 is 0 Å². The Balaban J connectivity index is 2.21. The molecule has 1 fully saturated rings.